The predicted molar refractivity (Wildman–Crippen MR) is 107 cm³/mol. The molecule has 2 fully saturated rings. The number of hydrogen-bond acceptors (Lipinski definition) is 3. The van der Waals surface area contributed by atoms with E-state index in [1.807, 2.05) is 6.07 Å². The van der Waals surface area contributed by atoms with Crippen molar-refractivity contribution in [1.82, 2.24) is 15.1 Å². The molecule has 2 aliphatic heterocycles. The number of rotatable bonds is 5. The molecule has 6 heteroatoms. The van der Waals surface area contributed by atoms with Crippen molar-refractivity contribution in [2.45, 2.75) is 33.2 Å². The summed E-state index contributed by atoms with van der Waals surface area (Å²) in [7, 11) is 0. The molecular weight excluding hydrogens is 343 g/mol. The van der Waals surface area contributed by atoms with Gasteiger partial charge in [-0.1, -0.05) is 26.0 Å². The maximum Gasteiger partial charge on any atom is 0.194 e. The van der Waals surface area contributed by atoms with Crippen LogP contribution in [0.2, 0.25) is 0 Å². The number of benzene rings is 1. The van der Waals surface area contributed by atoms with Gasteiger partial charge in [0.25, 0.3) is 0 Å². The highest BCUT2D eigenvalue weighted by molar-refractivity contribution is 5.80. The quantitative estimate of drug-likeness (QED) is 0.634. The van der Waals surface area contributed by atoms with Crippen molar-refractivity contribution in [3.05, 3.63) is 35.6 Å². The van der Waals surface area contributed by atoms with Crippen molar-refractivity contribution in [2.75, 3.05) is 52.5 Å². The summed E-state index contributed by atoms with van der Waals surface area (Å²) in [4.78, 5) is 9.68. The Labute approximate surface area is 162 Å². The van der Waals surface area contributed by atoms with Gasteiger partial charge in [0.05, 0.1) is 25.8 Å². The van der Waals surface area contributed by atoms with Gasteiger partial charge < -0.3 is 15.0 Å². The number of nitrogens with one attached hydrogen (secondary N) is 1. The predicted octanol–water partition coefficient (Wildman–Crippen LogP) is 2.90. The molecule has 2 aliphatic rings. The minimum absolute atomic E-state index is 0.0638. The minimum atomic E-state index is -0.192. The molecule has 5 nitrogen and oxygen atoms in total. The van der Waals surface area contributed by atoms with E-state index in [0.29, 0.717) is 12.0 Å². The second-order valence-corrected chi connectivity index (χ2v) is 8.25. The van der Waals surface area contributed by atoms with Crippen LogP contribution in [0.4, 0.5) is 4.39 Å². The SMILES string of the molecule is CCNC(=NCC(c1cccc(F)c1)N1CCOCC1)N1CCC(C)(C)C1. The zero-order valence-corrected chi connectivity index (χ0v) is 16.9. The first kappa shape index (κ1) is 20.1. The number of ether oxygens (including phenoxy) is 1. The lowest BCUT2D eigenvalue weighted by Gasteiger charge is -2.34. The largest absolute Gasteiger partial charge is 0.379 e. The summed E-state index contributed by atoms with van der Waals surface area (Å²) in [6.07, 6.45) is 1.17. The molecule has 1 atom stereocenters. The topological polar surface area (TPSA) is 40.1 Å². The van der Waals surface area contributed by atoms with Crippen molar-refractivity contribution in [3.63, 3.8) is 0 Å². The van der Waals surface area contributed by atoms with Gasteiger partial charge in [0.2, 0.25) is 0 Å². The van der Waals surface area contributed by atoms with Gasteiger partial charge in [-0.3, -0.25) is 9.89 Å². The van der Waals surface area contributed by atoms with Crippen molar-refractivity contribution in [1.29, 1.82) is 0 Å². The first-order chi connectivity index (χ1) is 13.0. The molecule has 1 aromatic carbocycles. The molecule has 0 bridgehead atoms. The van der Waals surface area contributed by atoms with Gasteiger partial charge in [-0.2, -0.15) is 0 Å². The van der Waals surface area contributed by atoms with Gasteiger partial charge >= 0.3 is 0 Å². The van der Waals surface area contributed by atoms with Crippen LogP contribution in [-0.2, 0) is 4.74 Å². The van der Waals surface area contributed by atoms with E-state index in [-0.39, 0.29) is 11.9 Å². The first-order valence-electron chi connectivity index (χ1n) is 10.1. The molecule has 0 aliphatic carbocycles. The minimum Gasteiger partial charge on any atom is -0.379 e. The van der Waals surface area contributed by atoms with Gasteiger partial charge in [0, 0.05) is 32.7 Å². The Kier molecular flexibility index (Phi) is 6.71. The summed E-state index contributed by atoms with van der Waals surface area (Å²) in [5.74, 6) is 0.778. The summed E-state index contributed by atoms with van der Waals surface area (Å²) in [5.41, 5.74) is 1.31. The van der Waals surface area contributed by atoms with Gasteiger partial charge in [-0.15, -0.1) is 0 Å². The van der Waals surface area contributed by atoms with Crippen LogP contribution in [0.1, 0.15) is 38.8 Å². The maximum absolute atomic E-state index is 13.8. The Bertz CT molecular complexity index is 643. The molecule has 0 saturated carbocycles. The Morgan fingerprint density at radius 2 is 2.07 bits per heavy atom. The number of hydrogen-bond donors (Lipinski definition) is 1. The highest BCUT2D eigenvalue weighted by Crippen LogP contribution is 2.29. The fourth-order valence-electron chi connectivity index (χ4n) is 3.93. The Balaban J connectivity index is 1.79. The monoisotopic (exact) mass is 376 g/mol. The van der Waals surface area contributed by atoms with Crippen molar-refractivity contribution in [2.24, 2.45) is 10.4 Å². The summed E-state index contributed by atoms with van der Waals surface area (Å²) < 4.78 is 19.4. The van der Waals surface area contributed by atoms with Crippen molar-refractivity contribution >= 4 is 5.96 Å². The standard InChI is InChI=1S/C21H33FN4O/c1-4-23-20(26-9-8-21(2,3)16-26)24-15-19(25-10-12-27-13-11-25)17-6-5-7-18(22)14-17/h5-7,14,19H,4,8-13,15-16H2,1-3H3,(H,23,24). The number of morpholine rings is 1. The third-order valence-electron chi connectivity index (χ3n) is 5.45. The Morgan fingerprint density at radius 1 is 1.30 bits per heavy atom. The molecule has 27 heavy (non-hydrogen) atoms. The summed E-state index contributed by atoms with van der Waals surface area (Å²) >= 11 is 0. The van der Waals surface area contributed by atoms with E-state index in [1.165, 1.54) is 12.5 Å². The fourth-order valence-corrected chi connectivity index (χ4v) is 3.93. The lowest BCUT2D eigenvalue weighted by molar-refractivity contribution is 0.0179. The van der Waals surface area contributed by atoms with E-state index in [9.17, 15) is 4.39 Å². The van der Waals surface area contributed by atoms with E-state index < -0.39 is 0 Å². The van der Waals surface area contributed by atoms with E-state index in [4.69, 9.17) is 9.73 Å². The van der Waals surface area contributed by atoms with Crippen LogP contribution < -0.4 is 5.32 Å². The second-order valence-electron chi connectivity index (χ2n) is 8.25. The number of aliphatic imine (C=N–C) groups is 1. The molecule has 1 aromatic rings. The van der Waals surface area contributed by atoms with Crippen molar-refractivity contribution < 1.29 is 9.13 Å². The Hall–Kier alpha value is -1.66. The molecule has 0 spiro atoms. The molecule has 150 valence electrons. The molecule has 1 unspecified atom stereocenters. The molecule has 1 N–H and O–H groups in total. The molecule has 0 amide bonds. The van der Waals surface area contributed by atoms with Crippen molar-refractivity contribution in [3.8, 4) is 0 Å². The van der Waals surface area contributed by atoms with E-state index in [1.54, 1.807) is 12.1 Å². The van der Waals surface area contributed by atoms with Crippen LogP contribution in [0, 0.1) is 11.2 Å². The normalized spacial score (nSPS) is 22.1. The third kappa shape index (κ3) is 5.42. The van der Waals surface area contributed by atoms with Gasteiger partial charge in [-0.25, -0.2) is 4.39 Å². The average molecular weight is 377 g/mol. The zero-order valence-electron chi connectivity index (χ0n) is 16.9. The lowest BCUT2D eigenvalue weighted by Crippen LogP contribution is -2.43. The summed E-state index contributed by atoms with van der Waals surface area (Å²) in [6, 6.07) is 7.00. The molecule has 2 saturated heterocycles. The smallest absolute Gasteiger partial charge is 0.194 e. The van der Waals surface area contributed by atoms with E-state index in [2.05, 4.69) is 35.9 Å². The highest BCUT2D eigenvalue weighted by atomic mass is 19.1. The second kappa shape index (κ2) is 9.02. The summed E-state index contributed by atoms with van der Waals surface area (Å²) in [5, 5.41) is 3.44. The number of nitrogens with zero attached hydrogens (tertiary/aromatic N) is 3. The molecule has 3 rings (SSSR count). The maximum atomic E-state index is 13.8. The third-order valence-corrected chi connectivity index (χ3v) is 5.45. The van der Waals surface area contributed by atoms with Crippen LogP contribution in [0.5, 0.6) is 0 Å². The number of likely N-dealkylation sites (tertiary alicyclic amines) is 1. The molecule has 2 heterocycles. The van der Waals surface area contributed by atoms with Crippen LogP contribution in [0.3, 0.4) is 0 Å². The molecule has 0 radical (unpaired) electrons. The van der Waals surface area contributed by atoms with Crippen LogP contribution in [0.15, 0.2) is 29.3 Å². The Morgan fingerprint density at radius 3 is 2.70 bits per heavy atom. The first-order valence-corrected chi connectivity index (χ1v) is 10.1. The molecule has 0 aromatic heterocycles. The summed E-state index contributed by atoms with van der Waals surface area (Å²) in [6.45, 7) is 13.4. The zero-order chi connectivity index (χ0) is 19.3. The highest BCUT2D eigenvalue weighted by Gasteiger charge is 2.31. The van der Waals surface area contributed by atoms with Crippen LogP contribution in [0.25, 0.3) is 0 Å². The van der Waals surface area contributed by atoms with Crippen LogP contribution in [-0.4, -0.2) is 68.2 Å². The van der Waals surface area contributed by atoms with E-state index >= 15 is 0 Å². The fraction of sp³-hybridized carbons (Fsp3) is 0.667. The van der Waals surface area contributed by atoms with Gasteiger partial charge in [0.1, 0.15) is 5.82 Å². The van der Waals surface area contributed by atoms with Gasteiger partial charge in [0.15, 0.2) is 5.96 Å². The molecular formula is C21H33FN4O. The van der Waals surface area contributed by atoms with E-state index in [0.717, 1.165) is 57.5 Å². The number of guanidine groups is 1. The van der Waals surface area contributed by atoms with Crippen LogP contribution >= 0.6 is 0 Å². The average Bonchev–Trinajstić information content (AvgIpc) is 3.02. The lowest BCUT2D eigenvalue weighted by atomic mass is 9.93. The number of halogens is 1. The van der Waals surface area contributed by atoms with Gasteiger partial charge in [-0.05, 0) is 36.5 Å².